The second kappa shape index (κ2) is 7.06. The molecule has 0 fully saturated rings. The molecule has 9 heteroatoms. The number of thiazole rings is 1. The van der Waals surface area contributed by atoms with Crippen molar-refractivity contribution in [1.82, 2.24) is 4.57 Å². The summed E-state index contributed by atoms with van der Waals surface area (Å²) in [5.41, 5.74) is 0.755. The molecule has 0 spiro atoms. The molecule has 1 aromatic carbocycles. The van der Waals surface area contributed by atoms with Gasteiger partial charge in [-0.25, -0.2) is 0 Å². The van der Waals surface area contributed by atoms with Gasteiger partial charge in [-0.3, -0.25) is 9.59 Å². The first-order chi connectivity index (χ1) is 11.5. The Bertz CT molecular complexity index is 1000. The summed E-state index contributed by atoms with van der Waals surface area (Å²) in [7, 11) is 1.31. The summed E-state index contributed by atoms with van der Waals surface area (Å²) in [5, 5.41) is 0.567. The maximum Gasteiger partial charge on any atom is 0.325 e. The van der Waals surface area contributed by atoms with Crippen LogP contribution in [0.2, 0.25) is 9.36 Å². The molecular formula is C15H10Cl2N2O3S2. The summed E-state index contributed by atoms with van der Waals surface area (Å²) in [5.74, 6) is -0.846. The number of hydrogen-bond acceptors (Lipinski definition) is 5. The van der Waals surface area contributed by atoms with E-state index in [4.69, 9.17) is 27.9 Å². The van der Waals surface area contributed by atoms with Crippen molar-refractivity contribution >= 4 is 68.0 Å². The highest BCUT2D eigenvalue weighted by Gasteiger charge is 2.13. The molecule has 0 atom stereocenters. The molecule has 2 aromatic heterocycles. The molecule has 0 bridgehead atoms. The van der Waals surface area contributed by atoms with Crippen LogP contribution in [0.5, 0.6) is 0 Å². The van der Waals surface area contributed by atoms with E-state index < -0.39 is 11.9 Å². The Labute approximate surface area is 154 Å². The van der Waals surface area contributed by atoms with Gasteiger partial charge < -0.3 is 9.30 Å². The first kappa shape index (κ1) is 17.2. The van der Waals surface area contributed by atoms with Gasteiger partial charge in [-0.15, -0.1) is 11.3 Å². The van der Waals surface area contributed by atoms with Crippen molar-refractivity contribution in [3.05, 3.63) is 49.4 Å². The fraction of sp³-hybridized carbons (Fsp3) is 0.133. The van der Waals surface area contributed by atoms with Crippen LogP contribution in [0.4, 0.5) is 0 Å². The zero-order chi connectivity index (χ0) is 17.3. The first-order valence-electron chi connectivity index (χ1n) is 6.68. The highest BCUT2D eigenvalue weighted by molar-refractivity contribution is 7.18. The average Bonchev–Trinajstić information content (AvgIpc) is 3.11. The Morgan fingerprint density at radius 3 is 2.67 bits per heavy atom. The van der Waals surface area contributed by atoms with Gasteiger partial charge in [0.15, 0.2) is 4.80 Å². The summed E-state index contributed by atoms with van der Waals surface area (Å²) in [6, 6.07) is 8.52. The Balaban J connectivity index is 2.14. The van der Waals surface area contributed by atoms with Crippen LogP contribution in [-0.2, 0) is 16.1 Å². The second-order valence-electron chi connectivity index (χ2n) is 4.68. The topological polar surface area (TPSA) is 60.7 Å². The minimum absolute atomic E-state index is 0.0462. The van der Waals surface area contributed by atoms with Gasteiger partial charge in [0.05, 0.1) is 26.5 Å². The van der Waals surface area contributed by atoms with E-state index in [1.54, 1.807) is 34.9 Å². The highest BCUT2D eigenvalue weighted by Crippen LogP contribution is 2.24. The Morgan fingerprint density at radius 1 is 1.21 bits per heavy atom. The van der Waals surface area contributed by atoms with Crippen molar-refractivity contribution in [2.45, 2.75) is 6.54 Å². The zero-order valence-corrected chi connectivity index (χ0v) is 15.4. The lowest BCUT2D eigenvalue weighted by molar-refractivity contribution is -0.141. The van der Waals surface area contributed by atoms with E-state index in [9.17, 15) is 9.59 Å². The molecule has 5 nitrogen and oxygen atoms in total. The Kier molecular flexibility index (Phi) is 5.05. The number of nitrogens with zero attached hydrogens (tertiary/aromatic N) is 2. The van der Waals surface area contributed by atoms with Crippen molar-refractivity contribution < 1.29 is 14.3 Å². The number of ether oxygens (including phenoxy) is 1. The minimum Gasteiger partial charge on any atom is -0.468 e. The van der Waals surface area contributed by atoms with Crippen molar-refractivity contribution in [3.8, 4) is 0 Å². The van der Waals surface area contributed by atoms with E-state index in [-0.39, 0.29) is 6.54 Å². The second-order valence-corrected chi connectivity index (χ2v) is 7.84. The van der Waals surface area contributed by atoms with Gasteiger partial charge >= 0.3 is 5.97 Å². The molecule has 3 rings (SSSR count). The average molecular weight is 401 g/mol. The number of amides is 1. The summed E-state index contributed by atoms with van der Waals surface area (Å²) < 4.78 is 7.69. The van der Waals surface area contributed by atoms with Crippen LogP contribution < -0.4 is 4.80 Å². The number of benzene rings is 1. The van der Waals surface area contributed by atoms with Crippen molar-refractivity contribution in [3.63, 3.8) is 0 Å². The third-order valence-electron chi connectivity index (χ3n) is 3.14. The van der Waals surface area contributed by atoms with E-state index in [2.05, 4.69) is 4.99 Å². The molecule has 124 valence electrons. The van der Waals surface area contributed by atoms with Crippen LogP contribution in [0.25, 0.3) is 10.2 Å². The van der Waals surface area contributed by atoms with Gasteiger partial charge in [0, 0.05) is 5.02 Å². The molecule has 0 aliphatic heterocycles. The summed E-state index contributed by atoms with van der Waals surface area (Å²) in [4.78, 5) is 29.0. The lowest BCUT2D eigenvalue weighted by Crippen LogP contribution is -2.22. The summed E-state index contributed by atoms with van der Waals surface area (Å²) >= 11 is 14.3. The monoisotopic (exact) mass is 400 g/mol. The molecule has 0 radical (unpaired) electrons. The van der Waals surface area contributed by atoms with Gasteiger partial charge in [-0.1, -0.05) is 34.5 Å². The molecular weight excluding hydrogens is 391 g/mol. The summed E-state index contributed by atoms with van der Waals surface area (Å²) in [6.07, 6.45) is 0. The third-order valence-corrected chi connectivity index (χ3v) is 5.64. The number of hydrogen-bond donors (Lipinski definition) is 0. The molecule has 3 aromatic rings. The predicted octanol–water partition coefficient (Wildman–Crippen LogP) is 3.99. The maximum atomic E-state index is 12.3. The molecule has 0 aliphatic rings. The smallest absolute Gasteiger partial charge is 0.325 e. The van der Waals surface area contributed by atoms with Crippen LogP contribution in [0.15, 0.2) is 35.3 Å². The van der Waals surface area contributed by atoms with Crippen LogP contribution in [0.1, 0.15) is 9.67 Å². The number of carbonyl (C=O) groups is 2. The Hall–Kier alpha value is -1.67. The van der Waals surface area contributed by atoms with Crippen LogP contribution >= 0.6 is 45.9 Å². The van der Waals surface area contributed by atoms with Gasteiger partial charge in [-0.2, -0.15) is 4.99 Å². The van der Waals surface area contributed by atoms with Crippen LogP contribution in [0.3, 0.4) is 0 Å². The first-order valence-corrected chi connectivity index (χ1v) is 9.07. The molecule has 0 saturated heterocycles. The maximum absolute atomic E-state index is 12.3. The normalized spacial score (nSPS) is 11.9. The van der Waals surface area contributed by atoms with E-state index in [1.807, 2.05) is 0 Å². The molecule has 1 amide bonds. The molecule has 0 aliphatic carbocycles. The summed E-state index contributed by atoms with van der Waals surface area (Å²) in [6.45, 7) is -0.0462. The van der Waals surface area contributed by atoms with Crippen molar-refractivity contribution in [1.29, 1.82) is 0 Å². The molecule has 0 unspecified atom stereocenters. The number of aromatic nitrogens is 1. The number of esters is 1. The molecule has 0 N–H and O–H groups in total. The number of thiophene rings is 1. The van der Waals surface area contributed by atoms with Crippen LogP contribution in [-0.4, -0.2) is 23.6 Å². The SMILES string of the molecule is COC(=O)Cn1c(=NC(=O)c2ccc(Cl)s2)sc2cc(Cl)ccc21. The lowest BCUT2D eigenvalue weighted by Gasteiger charge is -2.03. The van der Waals surface area contributed by atoms with E-state index in [0.29, 0.717) is 19.0 Å². The Morgan fingerprint density at radius 2 is 2.00 bits per heavy atom. The number of carbonyl (C=O) groups excluding carboxylic acids is 2. The van der Waals surface area contributed by atoms with E-state index >= 15 is 0 Å². The standard InChI is InChI=1S/C15H10Cl2N2O3S2/c1-22-13(20)7-19-9-3-2-8(16)6-11(9)24-15(19)18-14(21)10-4-5-12(17)23-10/h2-6H,7H2,1H3. The van der Waals surface area contributed by atoms with Gasteiger partial charge in [-0.05, 0) is 30.3 Å². The molecule has 0 saturated carbocycles. The molecule has 2 heterocycles. The van der Waals surface area contributed by atoms with E-state index in [1.165, 1.54) is 18.4 Å². The van der Waals surface area contributed by atoms with Crippen molar-refractivity contribution in [2.24, 2.45) is 4.99 Å². The number of methoxy groups -OCH3 is 1. The number of rotatable bonds is 3. The fourth-order valence-corrected chi connectivity index (χ4v) is 4.28. The van der Waals surface area contributed by atoms with E-state index in [0.717, 1.165) is 21.6 Å². The zero-order valence-electron chi connectivity index (χ0n) is 12.3. The van der Waals surface area contributed by atoms with Crippen molar-refractivity contribution in [2.75, 3.05) is 7.11 Å². The predicted molar refractivity (Wildman–Crippen MR) is 96.1 cm³/mol. The fourth-order valence-electron chi connectivity index (χ4n) is 2.05. The van der Waals surface area contributed by atoms with Gasteiger partial charge in [0.1, 0.15) is 6.54 Å². The highest BCUT2D eigenvalue weighted by atomic mass is 35.5. The van der Waals surface area contributed by atoms with Gasteiger partial charge in [0.2, 0.25) is 0 Å². The largest absolute Gasteiger partial charge is 0.468 e. The third kappa shape index (κ3) is 3.54. The lowest BCUT2D eigenvalue weighted by atomic mass is 10.3. The molecule has 24 heavy (non-hydrogen) atoms. The quantitative estimate of drug-likeness (QED) is 0.624. The number of fused-ring (bicyclic) bond motifs is 1. The number of halogens is 2. The van der Waals surface area contributed by atoms with Gasteiger partial charge in [0.25, 0.3) is 5.91 Å². The minimum atomic E-state index is -0.433. The van der Waals surface area contributed by atoms with Crippen LogP contribution in [0, 0.1) is 0 Å².